The second kappa shape index (κ2) is 4.46. The van der Waals surface area contributed by atoms with Gasteiger partial charge in [0.2, 0.25) is 0 Å². The van der Waals surface area contributed by atoms with Gasteiger partial charge < -0.3 is 0 Å². The number of anilines is 1. The predicted octanol–water partition coefficient (Wildman–Crippen LogP) is 2.34. The molecule has 0 unspecified atom stereocenters. The zero-order valence-electron chi connectivity index (χ0n) is 8.45. The van der Waals surface area contributed by atoms with E-state index >= 15 is 0 Å². The zero-order valence-corrected chi connectivity index (χ0v) is 8.45. The number of benzene rings is 1. The molecule has 0 radical (unpaired) electrons. The maximum atomic E-state index is 4.04. The maximum Gasteiger partial charge on any atom is 0.114 e. The van der Waals surface area contributed by atoms with Crippen LogP contribution in [0, 0.1) is 0 Å². The Labute approximate surface area is 89.3 Å². The molecule has 0 aliphatic carbocycles. The van der Waals surface area contributed by atoms with Gasteiger partial charge in [-0.3, -0.25) is 5.01 Å². The lowest BCUT2D eigenvalue weighted by Gasteiger charge is -2.23. The Hall–Kier alpha value is -2.03. The first-order valence-corrected chi connectivity index (χ1v) is 4.83. The van der Waals surface area contributed by atoms with Gasteiger partial charge in [-0.05, 0) is 12.1 Å². The lowest BCUT2D eigenvalue weighted by atomic mass is 10.3. The third-order valence-electron chi connectivity index (χ3n) is 2.13. The molecule has 0 saturated carbocycles. The monoisotopic (exact) mass is 199 g/mol. The quantitative estimate of drug-likeness (QED) is 0.705. The highest BCUT2D eigenvalue weighted by atomic mass is 15.5. The molecule has 0 aliphatic heterocycles. The molecule has 0 fully saturated rings. The van der Waals surface area contributed by atoms with Gasteiger partial charge in [0.05, 0.1) is 12.2 Å². The van der Waals surface area contributed by atoms with Gasteiger partial charge in [0, 0.05) is 12.4 Å². The highest BCUT2D eigenvalue weighted by Gasteiger charge is 2.04. The van der Waals surface area contributed by atoms with Gasteiger partial charge >= 0.3 is 0 Å². The summed E-state index contributed by atoms with van der Waals surface area (Å²) in [4.78, 5) is 4.04. The van der Waals surface area contributed by atoms with Crippen LogP contribution in [0.25, 0.3) is 0 Å². The fourth-order valence-electron chi connectivity index (χ4n) is 1.45. The van der Waals surface area contributed by atoms with Crippen LogP contribution < -0.4 is 5.01 Å². The molecule has 0 atom stereocenters. The Morgan fingerprint density at radius 3 is 2.73 bits per heavy atom. The van der Waals surface area contributed by atoms with Crippen molar-refractivity contribution in [3.05, 3.63) is 61.7 Å². The van der Waals surface area contributed by atoms with Gasteiger partial charge in [-0.1, -0.05) is 24.3 Å². The van der Waals surface area contributed by atoms with Gasteiger partial charge in [0.1, 0.15) is 6.33 Å². The zero-order chi connectivity index (χ0) is 10.5. The first-order valence-electron chi connectivity index (χ1n) is 4.83. The summed E-state index contributed by atoms with van der Waals surface area (Å²) < 4.78 is 1.94. The molecule has 0 aliphatic rings. The van der Waals surface area contributed by atoms with E-state index in [-0.39, 0.29) is 0 Å². The number of aromatic nitrogens is 2. The fraction of sp³-hybridized carbons (Fsp3) is 0.0833. The van der Waals surface area contributed by atoms with Crippen LogP contribution in [0.5, 0.6) is 0 Å². The van der Waals surface area contributed by atoms with Crippen molar-refractivity contribution in [2.24, 2.45) is 0 Å². The first kappa shape index (κ1) is 9.52. The van der Waals surface area contributed by atoms with Crippen molar-refractivity contribution in [3.63, 3.8) is 0 Å². The summed E-state index contributed by atoms with van der Waals surface area (Å²) in [5, 5.41) is 2.08. The Morgan fingerprint density at radius 1 is 1.33 bits per heavy atom. The van der Waals surface area contributed by atoms with E-state index < -0.39 is 0 Å². The molecule has 0 spiro atoms. The van der Waals surface area contributed by atoms with Crippen LogP contribution in [0.2, 0.25) is 0 Å². The van der Waals surface area contributed by atoms with Crippen molar-refractivity contribution in [2.45, 2.75) is 0 Å². The van der Waals surface area contributed by atoms with Crippen LogP contribution >= 0.6 is 0 Å². The minimum absolute atomic E-state index is 0.750. The summed E-state index contributed by atoms with van der Waals surface area (Å²) in [5.74, 6) is 0. The molecular formula is C12H13N3. The highest BCUT2D eigenvalue weighted by molar-refractivity contribution is 5.46. The van der Waals surface area contributed by atoms with E-state index in [2.05, 4.69) is 28.7 Å². The summed E-state index contributed by atoms with van der Waals surface area (Å²) in [6.07, 6.45) is 7.32. The lowest BCUT2D eigenvalue weighted by molar-refractivity contribution is 0.735. The molecule has 0 bridgehead atoms. The van der Waals surface area contributed by atoms with Crippen molar-refractivity contribution in [1.29, 1.82) is 0 Å². The highest BCUT2D eigenvalue weighted by Crippen LogP contribution is 2.13. The molecule has 76 valence electrons. The number of imidazole rings is 1. The summed E-state index contributed by atoms with van der Waals surface area (Å²) in [5.41, 5.74) is 1.12. The fourth-order valence-corrected chi connectivity index (χ4v) is 1.45. The van der Waals surface area contributed by atoms with E-state index in [0.717, 1.165) is 12.2 Å². The van der Waals surface area contributed by atoms with Crippen molar-refractivity contribution in [3.8, 4) is 0 Å². The van der Waals surface area contributed by atoms with Crippen LogP contribution in [-0.2, 0) is 0 Å². The summed E-state index contributed by atoms with van der Waals surface area (Å²) in [6.45, 7) is 4.51. The van der Waals surface area contributed by atoms with Crippen LogP contribution in [0.15, 0.2) is 61.7 Å². The molecule has 1 aromatic carbocycles. The molecule has 1 heterocycles. The van der Waals surface area contributed by atoms with E-state index in [1.807, 2.05) is 35.1 Å². The smallest absolute Gasteiger partial charge is 0.114 e. The van der Waals surface area contributed by atoms with Crippen LogP contribution in [-0.4, -0.2) is 16.2 Å². The Kier molecular flexibility index (Phi) is 2.83. The molecule has 3 nitrogen and oxygen atoms in total. The van der Waals surface area contributed by atoms with Crippen LogP contribution in [0.4, 0.5) is 5.69 Å². The van der Waals surface area contributed by atoms with Crippen molar-refractivity contribution in [1.82, 2.24) is 9.66 Å². The van der Waals surface area contributed by atoms with Gasteiger partial charge in [0.15, 0.2) is 0 Å². The third kappa shape index (κ3) is 2.07. The SMILES string of the molecule is C=CCN(c1ccccc1)n1ccnc1. The first-order chi connectivity index (χ1) is 7.42. The predicted molar refractivity (Wildman–Crippen MR) is 61.6 cm³/mol. The van der Waals surface area contributed by atoms with Crippen molar-refractivity contribution >= 4 is 5.69 Å². The average Bonchev–Trinajstić information content (AvgIpc) is 2.80. The number of nitrogens with zero attached hydrogens (tertiary/aromatic N) is 3. The van der Waals surface area contributed by atoms with E-state index in [1.54, 1.807) is 12.5 Å². The number of para-hydroxylation sites is 1. The summed E-state index contributed by atoms with van der Waals surface area (Å²) in [7, 11) is 0. The van der Waals surface area contributed by atoms with Gasteiger partial charge in [-0.15, -0.1) is 6.58 Å². The third-order valence-corrected chi connectivity index (χ3v) is 2.13. The molecular weight excluding hydrogens is 186 g/mol. The van der Waals surface area contributed by atoms with Gasteiger partial charge in [0.25, 0.3) is 0 Å². The molecule has 1 aromatic heterocycles. The molecule has 2 aromatic rings. The molecule has 0 saturated heterocycles. The number of hydrogen-bond acceptors (Lipinski definition) is 2. The number of rotatable bonds is 4. The van der Waals surface area contributed by atoms with E-state index in [9.17, 15) is 0 Å². The van der Waals surface area contributed by atoms with Crippen LogP contribution in [0.1, 0.15) is 0 Å². The van der Waals surface area contributed by atoms with Gasteiger partial charge in [-0.2, -0.15) is 0 Å². The summed E-state index contributed by atoms with van der Waals surface area (Å²) in [6, 6.07) is 10.2. The maximum absolute atomic E-state index is 4.04. The van der Waals surface area contributed by atoms with E-state index in [1.165, 1.54) is 0 Å². The lowest BCUT2D eigenvalue weighted by Crippen LogP contribution is -2.28. The topological polar surface area (TPSA) is 21.1 Å². The average molecular weight is 199 g/mol. The van der Waals surface area contributed by atoms with E-state index in [4.69, 9.17) is 0 Å². The number of hydrogen-bond donors (Lipinski definition) is 0. The Bertz CT molecular complexity index is 406. The molecule has 15 heavy (non-hydrogen) atoms. The normalized spacial score (nSPS) is 9.87. The van der Waals surface area contributed by atoms with Crippen molar-refractivity contribution in [2.75, 3.05) is 11.6 Å². The second-order valence-corrected chi connectivity index (χ2v) is 3.15. The Balaban J connectivity index is 2.32. The molecule has 2 rings (SSSR count). The molecule has 3 heteroatoms. The largest absolute Gasteiger partial charge is 0.277 e. The van der Waals surface area contributed by atoms with Gasteiger partial charge in [-0.25, -0.2) is 9.66 Å². The Morgan fingerprint density at radius 2 is 2.13 bits per heavy atom. The molecule has 0 amide bonds. The van der Waals surface area contributed by atoms with Crippen LogP contribution in [0.3, 0.4) is 0 Å². The summed E-state index contributed by atoms with van der Waals surface area (Å²) >= 11 is 0. The minimum atomic E-state index is 0.750. The molecule has 0 N–H and O–H groups in total. The second-order valence-electron chi connectivity index (χ2n) is 3.15. The minimum Gasteiger partial charge on any atom is -0.277 e. The van der Waals surface area contributed by atoms with E-state index in [0.29, 0.717) is 0 Å². The standard InChI is InChI=1S/C12H13N3/c1-2-9-15(14-10-8-13-11-14)12-6-4-3-5-7-12/h2-8,10-11H,1,9H2. The van der Waals surface area contributed by atoms with Crippen molar-refractivity contribution < 1.29 is 0 Å².